The Kier molecular flexibility index (Phi) is 8.71. The molecular formula is C24H27ClN4O4. The average Bonchev–Trinajstić information content (AvgIpc) is 3.22. The van der Waals surface area contributed by atoms with E-state index < -0.39 is 0 Å². The van der Waals surface area contributed by atoms with Gasteiger partial charge in [0.2, 0.25) is 11.8 Å². The number of anilines is 1. The first-order valence-corrected chi connectivity index (χ1v) is 10.9. The zero-order valence-corrected chi connectivity index (χ0v) is 19.4. The Bertz CT molecular complexity index is 1050. The van der Waals surface area contributed by atoms with Crippen LogP contribution in [0, 0.1) is 6.92 Å². The van der Waals surface area contributed by atoms with Crippen LogP contribution in [-0.2, 0) is 16.1 Å². The van der Waals surface area contributed by atoms with Crippen molar-refractivity contribution in [1.82, 2.24) is 14.7 Å². The fourth-order valence-corrected chi connectivity index (χ4v) is 2.98. The number of carbonyl (C=O) groups is 2. The number of halogens is 1. The van der Waals surface area contributed by atoms with Gasteiger partial charge in [0.15, 0.2) is 0 Å². The zero-order valence-electron chi connectivity index (χ0n) is 18.7. The highest BCUT2D eigenvalue weighted by Gasteiger charge is 2.12. The van der Waals surface area contributed by atoms with E-state index >= 15 is 0 Å². The Morgan fingerprint density at radius 3 is 2.36 bits per heavy atom. The largest absolute Gasteiger partial charge is 0.493 e. The van der Waals surface area contributed by atoms with Gasteiger partial charge >= 0.3 is 0 Å². The highest BCUT2D eigenvalue weighted by atomic mass is 35.5. The molecule has 0 bridgehead atoms. The minimum absolute atomic E-state index is 0.0661. The molecule has 0 aliphatic heterocycles. The number of rotatable bonds is 11. The molecule has 3 aromatic rings. The zero-order chi connectivity index (χ0) is 23.6. The molecule has 174 valence electrons. The van der Waals surface area contributed by atoms with Gasteiger partial charge in [0, 0.05) is 18.3 Å². The molecule has 9 heteroatoms. The van der Waals surface area contributed by atoms with E-state index in [1.165, 1.54) is 10.9 Å². The minimum Gasteiger partial charge on any atom is -0.493 e. The first kappa shape index (κ1) is 24.1. The Morgan fingerprint density at radius 1 is 1.03 bits per heavy atom. The van der Waals surface area contributed by atoms with Gasteiger partial charge in [-0.25, -0.2) is 0 Å². The first-order valence-electron chi connectivity index (χ1n) is 10.5. The molecule has 1 heterocycles. The van der Waals surface area contributed by atoms with Crippen molar-refractivity contribution in [2.75, 3.05) is 32.1 Å². The molecule has 0 aliphatic rings. The van der Waals surface area contributed by atoms with E-state index in [0.29, 0.717) is 29.6 Å². The van der Waals surface area contributed by atoms with E-state index in [1.54, 1.807) is 42.4 Å². The van der Waals surface area contributed by atoms with Crippen molar-refractivity contribution in [3.8, 4) is 11.5 Å². The standard InChI is InChI=1S/C24H27ClN4O4/c1-18-3-7-21(8-4-18)33-14-12-28(2)24(31)17-29-16-20(15-26-29)27-23(30)11-13-32-22-9-5-19(25)6-10-22/h3-10,15-16H,11-14,17H2,1-2H3,(H,27,30). The number of aryl methyl sites for hydroxylation is 1. The van der Waals surface area contributed by atoms with Gasteiger partial charge < -0.3 is 19.7 Å². The van der Waals surface area contributed by atoms with Crippen molar-refractivity contribution in [3.05, 3.63) is 71.5 Å². The fourth-order valence-electron chi connectivity index (χ4n) is 2.85. The van der Waals surface area contributed by atoms with Crippen molar-refractivity contribution >= 4 is 29.1 Å². The molecule has 0 spiro atoms. The van der Waals surface area contributed by atoms with Crippen LogP contribution in [0.2, 0.25) is 5.02 Å². The minimum atomic E-state index is -0.208. The lowest BCUT2D eigenvalue weighted by Gasteiger charge is -2.17. The average molecular weight is 471 g/mol. The lowest BCUT2D eigenvalue weighted by atomic mass is 10.2. The summed E-state index contributed by atoms with van der Waals surface area (Å²) in [5, 5.41) is 7.51. The molecule has 0 fully saturated rings. The van der Waals surface area contributed by atoms with Crippen molar-refractivity contribution in [1.29, 1.82) is 0 Å². The summed E-state index contributed by atoms with van der Waals surface area (Å²) < 4.78 is 12.7. The van der Waals surface area contributed by atoms with E-state index in [4.69, 9.17) is 21.1 Å². The fraction of sp³-hybridized carbons (Fsp3) is 0.292. The number of hydrogen-bond acceptors (Lipinski definition) is 5. The molecule has 0 saturated carbocycles. The predicted octanol–water partition coefficient (Wildman–Crippen LogP) is 3.79. The Labute approximate surface area is 198 Å². The molecule has 0 unspecified atom stereocenters. The van der Waals surface area contributed by atoms with Crippen LogP contribution in [0.3, 0.4) is 0 Å². The van der Waals surface area contributed by atoms with Gasteiger partial charge in [-0.05, 0) is 43.3 Å². The van der Waals surface area contributed by atoms with Gasteiger partial charge in [0.1, 0.15) is 24.7 Å². The molecule has 0 radical (unpaired) electrons. The second-order valence-corrected chi connectivity index (χ2v) is 7.94. The normalized spacial score (nSPS) is 10.5. The van der Waals surface area contributed by atoms with Gasteiger partial charge in [-0.2, -0.15) is 5.10 Å². The molecule has 1 N–H and O–H groups in total. The summed E-state index contributed by atoms with van der Waals surface area (Å²) in [5.41, 5.74) is 1.68. The topological polar surface area (TPSA) is 85.7 Å². The summed E-state index contributed by atoms with van der Waals surface area (Å²) in [4.78, 5) is 26.1. The molecule has 8 nitrogen and oxygen atoms in total. The Balaban J connectivity index is 1.36. The Hall–Kier alpha value is -3.52. The SMILES string of the molecule is Cc1ccc(OCCN(C)C(=O)Cn2cc(NC(=O)CCOc3ccc(Cl)cc3)cn2)cc1. The van der Waals surface area contributed by atoms with E-state index in [2.05, 4.69) is 10.4 Å². The molecule has 0 saturated heterocycles. The predicted molar refractivity (Wildman–Crippen MR) is 127 cm³/mol. The number of carbonyl (C=O) groups excluding carboxylic acids is 2. The number of nitrogens with zero attached hydrogens (tertiary/aromatic N) is 3. The molecule has 33 heavy (non-hydrogen) atoms. The number of benzene rings is 2. The van der Waals surface area contributed by atoms with Crippen LogP contribution >= 0.6 is 11.6 Å². The van der Waals surface area contributed by atoms with E-state index in [0.717, 1.165) is 11.3 Å². The maximum atomic E-state index is 12.4. The van der Waals surface area contributed by atoms with Crippen LogP contribution in [0.25, 0.3) is 0 Å². The van der Waals surface area contributed by atoms with Gasteiger partial charge in [-0.3, -0.25) is 14.3 Å². The molecular weight excluding hydrogens is 444 g/mol. The quantitative estimate of drug-likeness (QED) is 0.461. The van der Waals surface area contributed by atoms with Gasteiger partial charge in [-0.1, -0.05) is 29.3 Å². The molecule has 2 amide bonds. The highest BCUT2D eigenvalue weighted by molar-refractivity contribution is 6.30. The molecule has 0 atom stereocenters. The summed E-state index contributed by atoms with van der Waals surface area (Å²) in [6.45, 7) is 3.15. The smallest absolute Gasteiger partial charge is 0.244 e. The lowest BCUT2D eigenvalue weighted by Crippen LogP contribution is -2.33. The van der Waals surface area contributed by atoms with E-state index in [-0.39, 0.29) is 31.4 Å². The molecule has 0 aliphatic carbocycles. The number of amides is 2. The number of ether oxygens (including phenoxy) is 2. The number of hydrogen-bond donors (Lipinski definition) is 1. The highest BCUT2D eigenvalue weighted by Crippen LogP contribution is 2.16. The maximum absolute atomic E-state index is 12.4. The van der Waals surface area contributed by atoms with Gasteiger partial charge in [0.05, 0.1) is 31.5 Å². The maximum Gasteiger partial charge on any atom is 0.244 e. The first-order chi connectivity index (χ1) is 15.9. The van der Waals surface area contributed by atoms with Crippen LogP contribution in [0.1, 0.15) is 12.0 Å². The molecule has 2 aromatic carbocycles. The van der Waals surface area contributed by atoms with Crippen LogP contribution in [0.4, 0.5) is 5.69 Å². The summed E-state index contributed by atoms with van der Waals surface area (Å²) >= 11 is 5.83. The van der Waals surface area contributed by atoms with Gasteiger partial charge in [-0.15, -0.1) is 0 Å². The van der Waals surface area contributed by atoms with Crippen molar-refractivity contribution in [2.45, 2.75) is 19.9 Å². The number of likely N-dealkylation sites (N-methyl/N-ethyl adjacent to an activating group) is 1. The van der Waals surface area contributed by atoms with Crippen LogP contribution < -0.4 is 14.8 Å². The third kappa shape index (κ3) is 8.16. The van der Waals surface area contributed by atoms with Crippen LogP contribution in [0.5, 0.6) is 11.5 Å². The lowest BCUT2D eigenvalue weighted by molar-refractivity contribution is -0.131. The molecule has 1 aromatic heterocycles. The second-order valence-electron chi connectivity index (χ2n) is 7.50. The molecule has 3 rings (SSSR count). The van der Waals surface area contributed by atoms with Crippen LogP contribution in [0.15, 0.2) is 60.9 Å². The van der Waals surface area contributed by atoms with Crippen molar-refractivity contribution in [2.24, 2.45) is 0 Å². The summed E-state index contributed by atoms with van der Waals surface area (Å²) in [6.07, 6.45) is 3.30. The van der Waals surface area contributed by atoms with Crippen molar-refractivity contribution in [3.63, 3.8) is 0 Å². The Morgan fingerprint density at radius 2 is 1.67 bits per heavy atom. The second kappa shape index (κ2) is 11.9. The van der Waals surface area contributed by atoms with E-state index in [1.807, 2.05) is 31.2 Å². The summed E-state index contributed by atoms with van der Waals surface area (Å²) in [5.74, 6) is 1.10. The summed E-state index contributed by atoms with van der Waals surface area (Å²) in [6, 6.07) is 14.7. The monoisotopic (exact) mass is 470 g/mol. The van der Waals surface area contributed by atoms with Gasteiger partial charge in [0.25, 0.3) is 0 Å². The number of nitrogens with one attached hydrogen (secondary N) is 1. The number of aromatic nitrogens is 2. The summed E-state index contributed by atoms with van der Waals surface area (Å²) in [7, 11) is 1.72. The van der Waals surface area contributed by atoms with E-state index in [9.17, 15) is 9.59 Å². The third-order valence-corrected chi connectivity index (χ3v) is 5.02. The van der Waals surface area contributed by atoms with Crippen LogP contribution in [-0.4, -0.2) is 53.3 Å². The third-order valence-electron chi connectivity index (χ3n) is 4.77. The van der Waals surface area contributed by atoms with Crippen molar-refractivity contribution < 1.29 is 19.1 Å².